The van der Waals surface area contributed by atoms with E-state index in [1.54, 1.807) is 6.20 Å². The summed E-state index contributed by atoms with van der Waals surface area (Å²) in [4.78, 5) is 11.2. The van der Waals surface area contributed by atoms with Crippen molar-refractivity contribution in [1.82, 2.24) is 15.0 Å². The zero-order valence-corrected chi connectivity index (χ0v) is 9.79. The Labute approximate surface area is 103 Å². The van der Waals surface area contributed by atoms with E-state index in [4.69, 9.17) is 0 Å². The normalized spacial score (nSPS) is 23.1. The second-order valence-corrected chi connectivity index (χ2v) is 4.76. The van der Waals surface area contributed by atoms with Gasteiger partial charge in [-0.15, -0.1) is 0 Å². The lowest BCUT2D eigenvalue weighted by Gasteiger charge is -2.29. The molecule has 2 N–H and O–H groups in total. The lowest BCUT2D eigenvalue weighted by atomic mass is 9.92. The SMILES string of the molecule is FC1(F)CCCC(Nc2ncnc3[nH]ccc23)C1. The first-order chi connectivity index (χ1) is 8.64. The average molecular weight is 252 g/mol. The molecule has 0 aliphatic heterocycles. The van der Waals surface area contributed by atoms with Gasteiger partial charge in [0.2, 0.25) is 5.92 Å². The van der Waals surface area contributed by atoms with Crippen LogP contribution in [0.2, 0.25) is 0 Å². The van der Waals surface area contributed by atoms with E-state index in [0.29, 0.717) is 12.2 Å². The van der Waals surface area contributed by atoms with E-state index in [0.717, 1.165) is 17.5 Å². The Morgan fingerprint density at radius 3 is 3.11 bits per heavy atom. The van der Waals surface area contributed by atoms with Gasteiger partial charge in [-0.25, -0.2) is 18.7 Å². The molecule has 0 amide bonds. The largest absolute Gasteiger partial charge is 0.366 e. The molecule has 4 nitrogen and oxygen atoms in total. The summed E-state index contributed by atoms with van der Waals surface area (Å²) in [6, 6.07) is 1.63. The van der Waals surface area contributed by atoms with Gasteiger partial charge in [-0.1, -0.05) is 0 Å². The molecule has 0 bridgehead atoms. The van der Waals surface area contributed by atoms with Gasteiger partial charge in [0, 0.05) is 25.1 Å². The maximum atomic E-state index is 13.3. The topological polar surface area (TPSA) is 53.6 Å². The molecule has 0 spiro atoms. The number of nitrogens with zero attached hydrogens (tertiary/aromatic N) is 2. The van der Waals surface area contributed by atoms with Crippen molar-refractivity contribution in [3.63, 3.8) is 0 Å². The third-order valence-corrected chi connectivity index (χ3v) is 3.33. The summed E-state index contributed by atoms with van der Waals surface area (Å²) < 4.78 is 26.7. The van der Waals surface area contributed by atoms with Crippen LogP contribution >= 0.6 is 0 Å². The second kappa shape index (κ2) is 4.19. The molecule has 1 unspecified atom stereocenters. The first kappa shape index (κ1) is 11.4. The van der Waals surface area contributed by atoms with E-state index < -0.39 is 5.92 Å². The summed E-state index contributed by atoms with van der Waals surface area (Å²) in [7, 11) is 0. The van der Waals surface area contributed by atoms with Gasteiger partial charge in [0.05, 0.1) is 5.39 Å². The Balaban J connectivity index is 1.82. The fourth-order valence-corrected chi connectivity index (χ4v) is 2.48. The van der Waals surface area contributed by atoms with Gasteiger partial charge in [0.25, 0.3) is 0 Å². The number of H-pyrrole nitrogens is 1. The van der Waals surface area contributed by atoms with E-state index >= 15 is 0 Å². The highest BCUT2D eigenvalue weighted by Crippen LogP contribution is 2.34. The fraction of sp³-hybridized carbons (Fsp3) is 0.500. The van der Waals surface area contributed by atoms with Gasteiger partial charge in [-0.05, 0) is 18.9 Å². The highest BCUT2D eigenvalue weighted by molar-refractivity contribution is 5.86. The summed E-state index contributed by atoms with van der Waals surface area (Å²) in [6.45, 7) is 0. The molecule has 1 atom stereocenters. The molecule has 0 saturated heterocycles. The van der Waals surface area contributed by atoms with E-state index in [2.05, 4.69) is 20.3 Å². The highest BCUT2D eigenvalue weighted by Gasteiger charge is 2.36. The third kappa shape index (κ3) is 2.14. The molecule has 2 aromatic rings. The number of hydrogen-bond acceptors (Lipinski definition) is 3. The molecule has 18 heavy (non-hydrogen) atoms. The first-order valence-electron chi connectivity index (χ1n) is 6.06. The number of rotatable bonds is 2. The van der Waals surface area contributed by atoms with Crippen LogP contribution in [-0.4, -0.2) is 26.9 Å². The number of anilines is 1. The number of aromatic nitrogens is 3. The Bertz CT molecular complexity index is 552. The van der Waals surface area contributed by atoms with Gasteiger partial charge in [-0.3, -0.25) is 0 Å². The van der Waals surface area contributed by atoms with Crippen molar-refractivity contribution < 1.29 is 8.78 Å². The van der Waals surface area contributed by atoms with Crippen LogP contribution in [0.1, 0.15) is 25.7 Å². The summed E-state index contributed by atoms with van der Waals surface area (Å²) in [6.07, 6.45) is 4.37. The Kier molecular flexibility index (Phi) is 2.65. The summed E-state index contributed by atoms with van der Waals surface area (Å²) in [5.74, 6) is -1.93. The van der Waals surface area contributed by atoms with Crippen molar-refractivity contribution in [2.75, 3.05) is 5.32 Å². The monoisotopic (exact) mass is 252 g/mol. The molecular formula is C12H14F2N4. The van der Waals surface area contributed by atoms with Gasteiger partial charge in [0.15, 0.2) is 0 Å². The number of fused-ring (bicyclic) bond motifs is 1. The Morgan fingerprint density at radius 2 is 2.28 bits per heavy atom. The molecule has 2 heterocycles. The van der Waals surface area contributed by atoms with Crippen LogP contribution < -0.4 is 5.32 Å². The minimum absolute atomic E-state index is 0.00544. The maximum Gasteiger partial charge on any atom is 0.250 e. The van der Waals surface area contributed by atoms with E-state index in [1.165, 1.54) is 6.33 Å². The lowest BCUT2D eigenvalue weighted by Crippen LogP contribution is -2.34. The van der Waals surface area contributed by atoms with Crippen LogP contribution in [0.4, 0.5) is 14.6 Å². The van der Waals surface area contributed by atoms with Crippen molar-refractivity contribution in [2.24, 2.45) is 0 Å². The van der Waals surface area contributed by atoms with Crippen LogP contribution in [0, 0.1) is 0 Å². The summed E-state index contributed by atoms with van der Waals surface area (Å²) >= 11 is 0. The molecule has 0 aromatic carbocycles. The van der Waals surface area contributed by atoms with Gasteiger partial charge in [0.1, 0.15) is 17.8 Å². The smallest absolute Gasteiger partial charge is 0.250 e. The van der Waals surface area contributed by atoms with E-state index in [-0.39, 0.29) is 18.9 Å². The van der Waals surface area contributed by atoms with Crippen LogP contribution in [0.5, 0.6) is 0 Å². The fourth-order valence-electron chi connectivity index (χ4n) is 2.48. The molecule has 1 aliphatic rings. The minimum atomic E-state index is -2.56. The van der Waals surface area contributed by atoms with Crippen molar-refractivity contribution in [3.8, 4) is 0 Å². The zero-order chi connectivity index (χ0) is 12.6. The van der Waals surface area contributed by atoms with Crippen molar-refractivity contribution in [1.29, 1.82) is 0 Å². The molecule has 96 valence electrons. The summed E-state index contributed by atoms with van der Waals surface area (Å²) in [5.41, 5.74) is 0.718. The van der Waals surface area contributed by atoms with Crippen molar-refractivity contribution in [2.45, 2.75) is 37.6 Å². The zero-order valence-electron chi connectivity index (χ0n) is 9.79. The average Bonchev–Trinajstić information content (AvgIpc) is 2.77. The van der Waals surface area contributed by atoms with E-state index in [9.17, 15) is 8.78 Å². The number of halogens is 2. The van der Waals surface area contributed by atoms with Crippen molar-refractivity contribution in [3.05, 3.63) is 18.6 Å². The third-order valence-electron chi connectivity index (χ3n) is 3.33. The van der Waals surface area contributed by atoms with E-state index in [1.807, 2.05) is 6.07 Å². The Morgan fingerprint density at radius 1 is 1.39 bits per heavy atom. The maximum absolute atomic E-state index is 13.3. The summed E-state index contributed by atoms with van der Waals surface area (Å²) in [5, 5.41) is 3.95. The molecule has 6 heteroatoms. The number of aromatic amines is 1. The first-order valence-corrected chi connectivity index (χ1v) is 6.06. The van der Waals surface area contributed by atoms with Crippen molar-refractivity contribution >= 4 is 16.9 Å². The number of nitrogens with one attached hydrogen (secondary N) is 2. The van der Waals surface area contributed by atoms with Gasteiger partial charge < -0.3 is 10.3 Å². The molecule has 2 aromatic heterocycles. The van der Waals surface area contributed by atoms with Gasteiger partial charge >= 0.3 is 0 Å². The second-order valence-electron chi connectivity index (χ2n) is 4.76. The highest BCUT2D eigenvalue weighted by atomic mass is 19.3. The van der Waals surface area contributed by atoms with Crippen LogP contribution in [0.15, 0.2) is 18.6 Å². The molecule has 1 fully saturated rings. The van der Waals surface area contributed by atoms with Crippen LogP contribution in [0.3, 0.4) is 0 Å². The standard InChI is InChI=1S/C12H14F2N4/c13-12(14)4-1-2-8(6-12)18-11-9-3-5-15-10(9)16-7-17-11/h3,5,7-8H,1-2,4,6H2,(H2,15,16,17,18). The molecule has 1 saturated carbocycles. The Hall–Kier alpha value is -1.72. The van der Waals surface area contributed by atoms with Crippen LogP contribution in [-0.2, 0) is 0 Å². The molecule has 3 rings (SSSR count). The lowest BCUT2D eigenvalue weighted by molar-refractivity contribution is -0.0373. The number of alkyl halides is 2. The predicted octanol–water partition coefficient (Wildman–Crippen LogP) is 2.95. The predicted molar refractivity (Wildman–Crippen MR) is 64.7 cm³/mol. The molecule has 0 radical (unpaired) electrons. The molecular weight excluding hydrogens is 238 g/mol. The number of hydrogen-bond donors (Lipinski definition) is 2. The van der Waals surface area contributed by atoms with Crippen LogP contribution in [0.25, 0.3) is 11.0 Å². The quantitative estimate of drug-likeness (QED) is 0.864. The van der Waals surface area contributed by atoms with Gasteiger partial charge in [-0.2, -0.15) is 0 Å². The molecule has 1 aliphatic carbocycles. The minimum Gasteiger partial charge on any atom is -0.366 e.